The highest BCUT2D eigenvalue weighted by Gasteiger charge is 2.32. The molecule has 7 nitrogen and oxygen atoms in total. The second-order valence-electron chi connectivity index (χ2n) is 8.34. The SMILES string of the molecule is C[C@H]1COc2c(N[C@H]3CC[C@H](c4cccnc4)C3)c(F)c(N)c3c(=O)c(C#N)cn1c23. The highest BCUT2D eigenvalue weighted by molar-refractivity contribution is 6.00. The average Bonchev–Trinajstić information content (AvgIpc) is 3.25. The first-order chi connectivity index (χ1) is 15.0. The van der Waals surface area contributed by atoms with Crippen molar-refractivity contribution in [3.63, 3.8) is 0 Å². The molecule has 1 fully saturated rings. The van der Waals surface area contributed by atoms with E-state index < -0.39 is 11.2 Å². The first-order valence-corrected chi connectivity index (χ1v) is 10.4. The van der Waals surface area contributed by atoms with Gasteiger partial charge in [-0.25, -0.2) is 4.39 Å². The van der Waals surface area contributed by atoms with Gasteiger partial charge in [-0.3, -0.25) is 9.78 Å². The third kappa shape index (κ3) is 3.00. The van der Waals surface area contributed by atoms with Crippen molar-refractivity contribution in [3.8, 4) is 11.8 Å². The third-order valence-electron chi connectivity index (χ3n) is 6.40. The van der Waals surface area contributed by atoms with Crippen LogP contribution in [0.25, 0.3) is 10.9 Å². The first-order valence-electron chi connectivity index (χ1n) is 10.4. The van der Waals surface area contributed by atoms with Crippen LogP contribution in [0.3, 0.4) is 0 Å². The zero-order valence-corrected chi connectivity index (χ0v) is 17.1. The van der Waals surface area contributed by atoms with Crippen LogP contribution in [0.4, 0.5) is 15.8 Å². The number of anilines is 2. The molecule has 0 unspecified atom stereocenters. The number of nitriles is 1. The van der Waals surface area contributed by atoms with Crippen molar-refractivity contribution in [2.24, 2.45) is 0 Å². The van der Waals surface area contributed by atoms with Gasteiger partial charge in [0.15, 0.2) is 11.6 Å². The van der Waals surface area contributed by atoms with Crippen LogP contribution in [-0.4, -0.2) is 22.2 Å². The van der Waals surface area contributed by atoms with Crippen molar-refractivity contribution >= 4 is 22.3 Å². The second kappa shape index (κ2) is 7.27. The van der Waals surface area contributed by atoms with Crippen LogP contribution >= 0.6 is 0 Å². The highest BCUT2D eigenvalue weighted by atomic mass is 19.1. The van der Waals surface area contributed by atoms with Gasteiger partial charge in [0, 0.05) is 24.6 Å². The molecule has 5 rings (SSSR count). The van der Waals surface area contributed by atoms with Crippen LogP contribution in [-0.2, 0) is 0 Å². The summed E-state index contributed by atoms with van der Waals surface area (Å²) in [6.45, 7) is 2.22. The molecule has 0 spiro atoms. The van der Waals surface area contributed by atoms with E-state index in [-0.39, 0.29) is 40.2 Å². The van der Waals surface area contributed by atoms with Crippen molar-refractivity contribution in [2.45, 2.75) is 44.2 Å². The fourth-order valence-corrected chi connectivity index (χ4v) is 4.79. The Hall–Kier alpha value is -3.60. The van der Waals surface area contributed by atoms with E-state index in [1.165, 1.54) is 11.8 Å². The quantitative estimate of drug-likeness (QED) is 0.627. The topological polar surface area (TPSA) is 106 Å². The van der Waals surface area contributed by atoms with Gasteiger partial charge in [-0.15, -0.1) is 0 Å². The molecule has 3 atom stereocenters. The number of ether oxygens (including phenoxy) is 1. The van der Waals surface area contributed by atoms with Crippen LogP contribution in [0.2, 0.25) is 0 Å². The normalized spacial score (nSPS) is 22.2. The van der Waals surface area contributed by atoms with Crippen molar-refractivity contribution in [2.75, 3.05) is 17.7 Å². The molecule has 3 aromatic rings. The average molecular weight is 419 g/mol. The number of rotatable bonds is 3. The minimum atomic E-state index is -0.708. The van der Waals surface area contributed by atoms with Gasteiger partial charge >= 0.3 is 0 Å². The molecule has 0 saturated heterocycles. The molecule has 158 valence electrons. The summed E-state index contributed by atoms with van der Waals surface area (Å²) < 4.78 is 23.1. The van der Waals surface area contributed by atoms with Gasteiger partial charge in [0.1, 0.15) is 23.9 Å². The molecule has 0 amide bonds. The van der Waals surface area contributed by atoms with Crippen LogP contribution < -0.4 is 21.2 Å². The largest absolute Gasteiger partial charge is 0.487 e. The molecule has 1 aromatic carbocycles. The Morgan fingerprint density at radius 2 is 2.26 bits per heavy atom. The summed E-state index contributed by atoms with van der Waals surface area (Å²) in [5.74, 6) is -0.0763. The van der Waals surface area contributed by atoms with Gasteiger partial charge in [-0.05, 0) is 43.7 Å². The fourth-order valence-electron chi connectivity index (χ4n) is 4.79. The molecule has 3 N–H and O–H groups in total. The molecule has 31 heavy (non-hydrogen) atoms. The fraction of sp³-hybridized carbons (Fsp3) is 0.348. The van der Waals surface area contributed by atoms with E-state index in [0.717, 1.165) is 19.3 Å². The Morgan fingerprint density at radius 3 is 3.00 bits per heavy atom. The molecular formula is C23H22FN5O2. The van der Waals surface area contributed by atoms with E-state index in [2.05, 4.69) is 16.4 Å². The lowest BCUT2D eigenvalue weighted by molar-refractivity contribution is 0.247. The van der Waals surface area contributed by atoms with Gasteiger partial charge in [0.05, 0.1) is 22.6 Å². The van der Waals surface area contributed by atoms with E-state index in [9.17, 15) is 10.1 Å². The zero-order valence-electron chi connectivity index (χ0n) is 17.1. The van der Waals surface area contributed by atoms with Gasteiger partial charge in [0.2, 0.25) is 5.43 Å². The van der Waals surface area contributed by atoms with Crippen LogP contribution in [0.15, 0.2) is 35.5 Å². The van der Waals surface area contributed by atoms with Crippen LogP contribution in [0.1, 0.15) is 49.3 Å². The van der Waals surface area contributed by atoms with Gasteiger partial charge in [0.25, 0.3) is 0 Å². The number of nitrogens with zero attached hydrogens (tertiary/aromatic N) is 3. The monoisotopic (exact) mass is 419 g/mol. The second-order valence-corrected chi connectivity index (χ2v) is 8.34. The minimum Gasteiger partial charge on any atom is -0.487 e. The van der Waals surface area contributed by atoms with E-state index in [4.69, 9.17) is 10.5 Å². The molecule has 1 aliphatic heterocycles. The molecule has 2 aromatic heterocycles. The summed E-state index contributed by atoms with van der Waals surface area (Å²) in [5, 5.41) is 12.7. The number of nitrogens with one attached hydrogen (secondary N) is 1. The summed E-state index contributed by atoms with van der Waals surface area (Å²) >= 11 is 0. The maximum Gasteiger partial charge on any atom is 0.209 e. The van der Waals surface area contributed by atoms with E-state index >= 15 is 4.39 Å². The maximum atomic E-state index is 15.4. The number of benzene rings is 1. The standard InChI is InChI=1S/C23H22FN5O2/c1-12-11-31-23-20(28-16-5-4-13(7-16)14-3-2-6-27-9-14)18(24)19(26)17-21(23)29(12)10-15(8-25)22(17)30/h2-3,6,9-10,12-13,16,28H,4-5,7,11,26H2,1H3/t12-,13-,16-/m0/s1. The Morgan fingerprint density at radius 1 is 1.42 bits per heavy atom. The van der Waals surface area contributed by atoms with Crippen molar-refractivity contribution in [1.29, 1.82) is 5.26 Å². The number of nitrogen functional groups attached to an aromatic ring is 1. The van der Waals surface area contributed by atoms with Crippen LogP contribution in [0.5, 0.6) is 5.75 Å². The van der Waals surface area contributed by atoms with Gasteiger partial charge in [-0.2, -0.15) is 5.26 Å². The lowest BCUT2D eigenvalue weighted by Crippen LogP contribution is -2.27. The lowest BCUT2D eigenvalue weighted by atomic mass is 9.99. The summed E-state index contributed by atoms with van der Waals surface area (Å²) in [7, 11) is 0. The number of halogens is 1. The van der Waals surface area contributed by atoms with Crippen molar-refractivity contribution < 1.29 is 9.13 Å². The number of nitrogens with two attached hydrogens (primary N) is 1. The summed E-state index contributed by atoms with van der Waals surface area (Å²) in [4.78, 5) is 17.0. The van der Waals surface area contributed by atoms with Crippen molar-refractivity contribution in [3.05, 3.63) is 57.9 Å². The summed E-state index contributed by atoms with van der Waals surface area (Å²) in [6, 6.07) is 5.80. The van der Waals surface area contributed by atoms with Crippen LogP contribution in [0, 0.1) is 17.1 Å². The molecule has 1 aliphatic carbocycles. The van der Waals surface area contributed by atoms with Crippen molar-refractivity contribution in [1.82, 2.24) is 9.55 Å². The molecule has 8 heteroatoms. The number of pyridine rings is 2. The van der Waals surface area contributed by atoms with E-state index in [0.29, 0.717) is 18.0 Å². The molecule has 0 bridgehead atoms. The molecule has 3 heterocycles. The number of hydrogen-bond donors (Lipinski definition) is 2. The molecule has 2 aliphatic rings. The first kappa shape index (κ1) is 19.4. The van der Waals surface area contributed by atoms with Gasteiger partial charge in [-0.1, -0.05) is 6.07 Å². The Bertz CT molecular complexity index is 1280. The number of aromatic nitrogens is 2. The summed E-state index contributed by atoms with van der Waals surface area (Å²) in [6.07, 6.45) is 7.81. The number of hydrogen-bond acceptors (Lipinski definition) is 6. The van der Waals surface area contributed by atoms with E-state index in [1.807, 2.05) is 25.3 Å². The van der Waals surface area contributed by atoms with Gasteiger partial charge < -0.3 is 20.4 Å². The molecule has 1 saturated carbocycles. The Labute approximate surface area is 178 Å². The molecule has 0 radical (unpaired) electrons. The smallest absolute Gasteiger partial charge is 0.209 e. The molecular weight excluding hydrogens is 397 g/mol. The lowest BCUT2D eigenvalue weighted by Gasteiger charge is -2.30. The summed E-state index contributed by atoms with van der Waals surface area (Å²) in [5.41, 5.74) is 7.00. The zero-order chi connectivity index (χ0) is 21.7. The predicted octanol–water partition coefficient (Wildman–Crippen LogP) is 3.69. The maximum absolute atomic E-state index is 15.4. The predicted molar refractivity (Wildman–Crippen MR) is 116 cm³/mol. The minimum absolute atomic E-state index is 0.00306. The van der Waals surface area contributed by atoms with E-state index in [1.54, 1.807) is 10.8 Å². The third-order valence-corrected chi connectivity index (χ3v) is 6.40. The Balaban J connectivity index is 1.59. The highest BCUT2D eigenvalue weighted by Crippen LogP contribution is 2.45. The Kier molecular flexibility index (Phi) is 4.54.